The Hall–Kier alpha value is -3.81. The van der Waals surface area contributed by atoms with Crippen LogP contribution in [0.15, 0.2) is 64.1 Å². The first-order valence-electron chi connectivity index (χ1n) is 10.0. The normalized spacial score (nSPS) is 11.0. The van der Waals surface area contributed by atoms with Crippen LogP contribution >= 0.6 is 0 Å². The molecule has 0 saturated carbocycles. The number of para-hydroxylation sites is 1. The highest BCUT2D eigenvalue weighted by molar-refractivity contribution is 6.01. The van der Waals surface area contributed by atoms with Crippen molar-refractivity contribution in [2.24, 2.45) is 0 Å². The van der Waals surface area contributed by atoms with Gasteiger partial charge in [-0.25, -0.2) is 4.98 Å². The maximum Gasteiger partial charge on any atom is 0.326 e. The molecule has 0 amide bonds. The molecule has 0 aliphatic rings. The summed E-state index contributed by atoms with van der Waals surface area (Å²) in [5, 5.41) is 0.756. The van der Waals surface area contributed by atoms with Crippen molar-refractivity contribution in [3.63, 3.8) is 0 Å². The van der Waals surface area contributed by atoms with E-state index < -0.39 is 11.5 Å². The molecule has 0 N–H and O–H groups in total. The van der Waals surface area contributed by atoms with Crippen molar-refractivity contribution >= 4 is 28.0 Å². The Bertz CT molecular complexity index is 1240. The number of nitrogens with zero attached hydrogens (tertiary/aromatic N) is 2. The Labute approximate surface area is 178 Å². The summed E-state index contributed by atoms with van der Waals surface area (Å²) >= 11 is 0. The van der Waals surface area contributed by atoms with Crippen molar-refractivity contribution in [3.05, 3.63) is 65.2 Å². The first-order chi connectivity index (χ1) is 15.2. The van der Waals surface area contributed by atoms with E-state index in [0.717, 1.165) is 17.6 Å². The number of esters is 1. The number of aromatic nitrogens is 2. The van der Waals surface area contributed by atoms with E-state index in [0.29, 0.717) is 23.5 Å². The molecule has 0 radical (unpaired) electrons. The molecule has 0 atom stereocenters. The molecule has 2 aromatic heterocycles. The third-order valence-electron chi connectivity index (χ3n) is 4.56. The SMILES string of the molecule is CCCOc1ccc(OCCOC(=O)Cn2cnc3c(oc4ccccc43)c2=O)cc1. The molecule has 4 aromatic rings. The Morgan fingerprint density at radius 1 is 1.00 bits per heavy atom. The van der Waals surface area contributed by atoms with Crippen LogP contribution in [-0.4, -0.2) is 35.3 Å². The number of hydrogen-bond donors (Lipinski definition) is 0. The molecule has 2 heterocycles. The van der Waals surface area contributed by atoms with Gasteiger partial charge in [-0.2, -0.15) is 0 Å². The van der Waals surface area contributed by atoms with E-state index in [-0.39, 0.29) is 25.3 Å². The summed E-state index contributed by atoms with van der Waals surface area (Å²) in [6.45, 7) is 2.70. The molecule has 0 bridgehead atoms. The quantitative estimate of drug-likeness (QED) is 0.301. The van der Waals surface area contributed by atoms with Crippen molar-refractivity contribution in [1.82, 2.24) is 9.55 Å². The number of carbonyl (C=O) groups is 1. The predicted molar refractivity (Wildman–Crippen MR) is 114 cm³/mol. The molecule has 4 rings (SSSR count). The van der Waals surface area contributed by atoms with E-state index in [9.17, 15) is 9.59 Å². The van der Waals surface area contributed by atoms with E-state index in [1.165, 1.54) is 10.9 Å². The molecule has 0 fully saturated rings. The molecule has 8 nitrogen and oxygen atoms in total. The van der Waals surface area contributed by atoms with Gasteiger partial charge in [0.25, 0.3) is 5.56 Å². The number of ether oxygens (including phenoxy) is 3. The van der Waals surface area contributed by atoms with Gasteiger partial charge in [-0.15, -0.1) is 0 Å². The lowest BCUT2D eigenvalue weighted by Crippen LogP contribution is -2.26. The minimum atomic E-state index is -0.564. The second-order valence-corrected chi connectivity index (χ2v) is 6.84. The monoisotopic (exact) mass is 422 g/mol. The number of benzene rings is 2. The molecule has 0 aliphatic carbocycles. The van der Waals surface area contributed by atoms with Gasteiger partial charge in [0.05, 0.1) is 12.9 Å². The van der Waals surface area contributed by atoms with Gasteiger partial charge in [-0.05, 0) is 42.8 Å². The first kappa shape index (κ1) is 20.5. The topological polar surface area (TPSA) is 92.8 Å². The molecule has 8 heteroatoms. The smallest absolute Gasteiger partial charge is 0.326 e. The lowest BCUT2D eigenvalue weighted by molar-refractivity contribution is -0.145. The van der Waals surface area contributed by atoms with Gasteiger partial charge in [0, 0.05) is 5.39 Å². The molecule has 2 aromatic carbocycles. The van der Waals surface area contributed by atoms with Crippen LogP contribution in [0.1, 0.15) is 13.3 Å². The van der Waals surface area contributed by atoms with E-state index in [4.69, 9.17) is 18.6 Å². The highest BCUT2D eigenvalue weighted by Gasteiger charge is 2.15. The van der Waals surface area contributed by atoms with Crippen molar-refractivity contribution in [2.75, 3.05) is 19.8 Å². The third-order valence-corrected chi connectivity index (χ3v) is 4.56. The summed E-state index contributed by atoms with van der Waals surface area (Å²) < 4.78 is 23.0. The summed E-state index contributed by atoms with van der Waals surface area (Å²) in [6, 6.07) is 14.5. The van der Waals surface area contributed by atoms with Crippen molar-refractivity contribution in [1.29, 1.82) is 0 Å². The Morgan fingerprint density at radius 3 is 2.45 bits per heavy atom. The number of fused-ring (bicyclic) bond motifs is 3. The van der Waals surface area contributed by atoms with Gasteiger partial charge in [-0.3, -0.25) is 14.2 Å². The van der Waals surface area contributed by atoms with Gasteiger partial charge in [0.15, 0.2) is 0 Å². The standard InChI is InChI=1S/C23H22N2O6/c1-2-11-28-16-7-9-17(10-8-16)29-12-13-30-20(26)14-25-15-24-21-18-5-3-4-6-19(18)31-22(21)23(25)27/h3-10,15H,2,11-14H2,1H3. The lowest BCUT2D eigenvalue weighted by Gasteiger charge is -2.09. The Morgan fingerprint density at radius 2 is 1.71 bits per heavy atom. The largest absolute Gasteiger partial charge is 0.494 e. The van der Waals surface area contributed by atoms with Crippen LogP contribution in [0.5, 0.6) is 11.5 Å². The van der Waals surface area contributed by atoms with E-state index >= 15 is 0 Å². The molecule has 0 unspecified atom stereocenters. The highest BCUT2D eigenvalue weighted by Crippen LogP contribution is 2.24. The van der Waals surface area contributed by atoms with E-state index in [1.54, 1.807) is 18.2 Å². The van der Waals surface area contributed by atoms with Gasteiger partial charge < -0.3 is 18.6 Å². The van der Waals surface area contributed by atoms with Crippen molar-refractivity contribution in [2.45, 2.75) is 19.9 Å². The van der Waals surface area contributed by atoms with Crippen molar-refractivity contribution in [3.8, 4) is 11.5 Å². The van der Waals surface area contributed by atoms with Crippen LogP contribution in [0.3, 0.4) is 0 Å². The fourth-order valence-electron chi connectivity index (χ4n) is 3.08. The number of carbonyl (C=O) groups excluding carboxylic acids is 1. The van der Waals surface area contributed by atoms with Crippen LogP contribution in [-0.2, 0) is 16.1 Å². The Balaban J connectivity index is 1.30. The molecule has 0 spiro atoms. The second kappa shape index (κ2) is 9.34. The summed E-state index contributed by atoms with van der Waals surface area (Å²) in [4.78, 5) is 29.0. The molecule has 0 aliphatic heterocycles. The first-order valence-corrected chi connectivity index (χ1v) is 10.0. The van der Waals surface area contributed by atoms with Crippen LogP contribution in [0.25, 0.3) is 22.1 Å². The van der Waals surface area contributed by atoms with Gasteiger partial charge in [0.2, 0.25) is 5.58 Å². The fraction of sp³-hybridized carbons (Fsp3) is 0.261. The molecule has 31 heavy (non-hydrogen) atoms. The lowest BCUT2D eigenvalue weighted by atomic mass is 10.2. The maximum absolute atomic E-state index is 12.6. The molecule has 160 valence electrons. The summed E-state index contributed by atoms with van der Waals surface area (Å²) in [7, 11) is 0. The fourth-order valence-corrected chi connectivity index (χ4v) is 3.08. The third kappa shape index (κ3) is 4.69. The van der Waals surface area contributed by atoms with E-state index in [2.05, 4.69) is 4.98 Å². The number of furan rings is 1. The number of rotatable bonds is 9. The van der Waals surface area contributed by atoms with Crippen LogP contribution in [0.4, 0.5) is 0 Å². The highest BCUT2D eigenvalue weighted by atomic mass is 16.6. The van der Waals surface area contributed by atoms with E-state index in [1.807, 2.05) is 37.3 Å². The molecule has 0 saturated heterocycles. The van der Waals surface area contributed by atoms with Crippen LogP contribution < -0.4 is 15.0 Å². The minimum absolute atomic E-state index is 0.0575. The molecular weight excluding hydrogens is 400 g/mol. The zero-order valence-corrected chi connectivity index (χ0v) is 17.1. The summed E-state index contributed by atoms with van der Waals surface area (Å²) in [6.07, 6.45) is 2.27. The van der Waals surface area contributed by atoms with Crippen LogP contribution in [0.2, 0.25) is 0 Å². The second-order valence-electron chi connectivity index (χ2n) is 6.84. The van der Waals surface area contributed by atoms with Gasteiger partial charge >= 0.3 is 5.97 Å². The average Bonchev–Trinajstić information content (AvgIpc) is 3.17. The zero-order chi connectivity index (χ0) is 21.6. The van der Waals surface area contributed by atoms with Gasteiger partial charge in [-0.1, -0.05) is 19.1 Å². The van der Waals surface area contributed by atoms with Crippen LogP contribution in [0, 0.1) is 0 Å². The summed E-state index contributed by atoms with van der Waals surface area (Å²) in [5.74, 6) is 0.864. The number of hydrogen-bond acceptors (Lipinski definition) is 7. The Kier molecular flexibility index (Phi) is 6.16. The van der Waals surface area contributed by atoms with Gasteiger partial charge in [0.1, 0.15) is 42.4 Å². The molecular formula is C23H22N2O6. The predicted octanol–water partition coefficient (Wildman–Crippen LogP) is 3.55. The average molecular weight is 422 g/mol. The summed E-state index contributed by atoms with van der Waals surface area (Å²) in [5.41, 5.74) is 0.736. The zero-order valence-electron chi connectivity index (χ0n) is 17.1. The minimum Gasteiger partial charge on any atom is -0.494 e. The van der Waals surface area contributed by atoms with Crippen molar-refractivity contribution < 1.29 is 23.4 Å². The maximum atomic E-state index is 12.6.